The zero-order chi connectivity index (χ0) is 16.5. The van der Waals surface area contributed by atoms with E-state index in [0.717, 1.165) is 30.8 Å². The summed E-state index contributed by atoms with van der Waals surface area (Å²) in [5.41, 5.74) is 2.73. The Kier molecular flexibility index (Phi) is 4.56. The number of anilines is 1. The number of hydrogen-bond acceptors (Lipinski definition) is 4. The van der Waals surface area contributed by atoms with Crippen LogP contribution in [0.2, 0.25) is 18.1 Å². The molecule has 1 aromatic rings. The molecule has 1 aliphatic heterocycles. The third-order valence-corrected chi connectivity index (χ3v) is 9.06. The summed E-state index contributed by atoms with van der Waals surface area (Å²) in [6.07, 6.45) is 2.06. The van der Waals surface area contributed by atoms with Crippen LogP contribution in [0, 0.1) is 0 Å². The van der Waals surface area contributed by atoms with Crippen molar-refractivity contribution in [1.29, 1.82) is 0 Å². The number of carbonyl (C=O) groups is 1. The zero-order valence-corrected chi connectivity index (χ0v) is 15.5. The van der Waals surface area contributed by atoms with Crippen molar-refractivity contribution >= 4 is 20.0 Å². The molecule has 0 saturated heterocycles. The van der Waals surface area contributed by atoms with E-state index in [1.807, 2.05) is 12.1 Å². The molecular weight excluding hydrogens is 294 g/mol. The van der Waals surface area contributed by atoms with Gasteiger partial charge in [-0.3, -0.25) is 0 Å². The fraction of sp³-hybridized carbons (Fsp3) is 0.588. The lowest BCUT2D eigenvalue weighted by atomic mass is 10.00. The topological polar surface area (TPSA) is 47.6 Å². The van der Waals surface area contributed by atoms with Crippen molar-refractivity contribution in [3.8, 4) is 5.75 Å². The molecule has 4 nitrogen and oxygen atoms in total. The molecule has 2 rings (SSSR count). The Morgan fingerprint density at radius 3 is 2.55 bits per heavy atom. The number of benzene rings is 1. The van der Waals surface area contributed by atoms with Gasteiger partial charge in [0, 0.05) is 17.8 Å². The van der Waals surface area contributed by atoms with Crippen LogP contribution in [0.5, 0.6) is 5.75 Å². The summed E-state index contributed by atoms with van der Waals surface area (Å²) in [6, 6.07) is 3.72. The van der Waals surface area contributed by atoms with Crippen molar-refractivity contribution in [3.63, 3.8) is 0 Å². The largest absolute Gasteiger partial charge is 0.543 e. The summed E-state index contributed by atoms with van der Waals surface area (Å²) in [4.78, 5) is 11.9. The molecule has 0 unspecified atom stereocenters. The van der Waals surface area contributed by atoms with Crippen molar-refractivity contribution in [2.24, 2.45) is 0 Å². The highest BCUT2D eigenvalue weighted by Gasteiger charge is 2.39. The minimum atomic E-state index is -1.95. The number of nitrogens with one attached hydrogen (secondary N) is 1. The van der Waals surface area contributed by atoms with Gasteiger partial charge in [-0.05, 0) is 43.1 Å². The molecule has 0 fully saturated rings. The maximum Gasteiger partial charge on any atom is 0.338 e. The van der Waals surface area contributed by atoms with Crippen LogP contribution in [0.1, 0.15) is 43.1 Å². The Morgan fingerprint density at radius 2 is 1.95 bits per heavy atom. The first-order valence-electron chi connectivity index (χ1n) is 7.84. The second kappa shape index (κ2) is 5.95. The van der Waals surface area contributed by atoms with E-state index in [1.165, 1.54) is 12.7 Å². The van der Waals surface area contributed by atoms with Crippen LogP contribution in [0.25, 0.3) is 0 Å². The van der Waals surface area contributed by atoms with Gasteiger partial charge in [0.25, 0.3) is 0 Å². The van der Waals surface area contributed by atoms with Crippen LogP contribution in [0.15, 0.2) is 12.1 Å². The second-order valence-corrected chi connectivity index (χ2v) is 12.1. The molecule has 1 aromatic carbocycles. The normalized spacial score (nSPS) is 14.8. The highest BCUT2D eigenvalue weighted by atomic mass is 28.4. The molecule has 5 heteroatoms. The first-order chi connectivity index (χ1) is 10.2. The van der Waals surface area contributed by atoms with E-state index < -0.39 is 8.32 Å². The van der Waals surface area contributed by atoms with Crippen molar-refractivity contribution in [2.75, 3.05) is 19.0 Å². The summed E-state index contributed by atoms with van der Waals surface area (Å²) in [5, 5.41) is 3.49. The highest BCUT2D eigenvalue weighted by molar-refractivity contribution is 6.74. The Hall–Kier alpha value is -1.49. The predicted octanol–water partition coefficient (Wildman–Crippen LogP) is 4.22. The molecule has 0 saturated carbocycles. The second-order valence-electron chi connectivity index (χ2n) is 7.38. The molecule has 0 atom stereocenters. The molecule has 0 spiro atoms. The summed E-state index contributed by atoms with van der Waals surface area (Å²) in [6.45, 7) is 12.0. The van der Waals surface area contributed by atoms with Crippen LogP contribution < -0.4 is 9.74 Å². The third kappa shape index (κ3) is 3.29. The number of ether oxygens (including phenoxy) is 1. The first-order valence-corrected chi connectivity index (χ1v) is 10.7. The van der Waals surface area contributed by atoms with Crippen LogP contribution in [0.4, 0.5) is 5.69 Å². The SMILES string of the molecule is COC(=O)c1cc2c(c(O[Si](C)(C)C(C)(C)C)c1)CCCN2. The number of rotatable bonds is 3. The standard InChI is InChI=1S/C17H27NO3Si/c1-17(2,3)22(5,6)21-15-11-12(16(19)20-4)10-14-13(15)8-7-9-18-14/h10-11,18H,7-9H2,1-6H3. The van der Waals surface area contributed by atoms with Crippen molar-refractivity contribution in [2.45, 2.75) is 51.7 Å². The molecule has 1 aliphatic rings. The van der Waals surface area contributed by atoms with Gasteiger partial charge in [-0.1, -0.05) is 20.8 Å². The van der Waals surface area contributed by atoms with E-state index in [4.69, 9.17) is 9.16 Å². The van der Waals surface area contributed by atoms with E-state index in [2.05, 4.69) is 39.2 Å². The number of hydrogen-bond donors (Lipinski definition) is 1. The van der Waals surface area contributed by atoms with Crippen LogP contribution in [-0.4, -0.2) is 27.9 Å². The van der Waals surface area contributed by atoms with Crippen LogP contribution in [0.3, 0.4) is 0 Å². The maximum atomic E-state index is 11.9. The average Bonchev–Trinajstić information content (AvgIpc) is 2.44. The third-order valence-electron chi connectivity index (χ3n) is 4.72. The fourth-order valence-corrected chi connectivity index (χ4v) is 3.34. The summed E-state index contributed by atoms with van der Waals surface area (Å²) < 4.78 is 11.4. The summed E-state index contributed by atoms with van der Waals surface area (Å²) in [5.74, 6) is 0.520. The Bertz CT molecular complexity index is 576. The van der Waals surface area contributed by atoms with E-state index >= 15 is 0 Å². The Morgan fingerprint density at radius 1 is 1.27 bits per heavy atom. The Balaban J connectivity index is 2.47. The van der Waals surface area contributed by atoms with Gasteiger partial charge in [0.05, 0.1) is 12.7 Å². The molecule has 0 aliphatic carbocycles. The van der Waals surface area contributed by atoms with Crippen molar-refractivity contribution in [1.82, 2.24) is 0 Å². The quantitative estimate of drug-likeness (QED) is 0.669. The maximum absolute atomic E-state index is 11.9. The lowest BCUT2D eigenvalue weighted by Gasteiger charge is -2.37. The minimum Gasteiger partial charge on any atom is -0.543 e. The Labute approximate surface area is 134 Å². The number of esters is 1. The molecule has 0 aromatic heterocycles. The summed E-state index contributed by atoms with van der Waals surface area (Å²) in [7, 11) is -0.546. The van der Waals surface area contributed by atoms with Gasteiger partial charge in [-0.15, -0.1) is 0 Å². The van der Waals surface area contributed by atoms with Gasteiger partial charge < -0.3 is 14.5 Å². The molecule has 0 amide bonds. The van der Waals surface area contributed by atoms with Crippen LogP contribution >= 0.6 is 0 Å². The van der Waals surface area contributed by atoms with Crippen molar-refractivity contribution < 1.29 is 14.0 Å². The van der Waals surface area contributed by atoms with E-state index in [0.29, 0.717) is 5.56 Å². The number of carbonyl (C=O) groups excluding carboxylic acids is 1. The zero-order valence-electron chi connectivity index (χ0n) is 14.5. The lowest BCUT2D eigenvalue weighted by Crippen LogP contribution is -2.44. The smallest absolute Gasteiger partial charge is 0.338 e. The van der Waals surface area contributed by atoms with Crippen molar-refractivity contribution in [3.05, 3.63) is 23.3 Å². The molecule has 1 heterocycles. The van der Waals surface area contributed by atoms with Gasteiger partial charge in [0.1, 0.15) is 5.75 Å². The van der Waals surface area contributed by atoms with Gasteiger partial charge in [0.2, 0.25) is 8.32 Å². The van der Waals surface area contributed by atoms with Gasteiger partial charge >= 0.3 is 5.97 Å². The van der Waals surface area contributed by atoms with E-state index in [9.17, 15) is 4.79 Å². The number of methoxy groups -OCH3 is 1. The lowest BCUT2D eigenvalue weighted by molar-refractivity contribution is 0.0600. The van der Waals surface area contributed by atoms with Crippen LogP contribution in [-0.2, 0) is 11.2 Å². The fourth-order valence-electron chi connectivity index (χ4n) is 2.30. The minimum absolute atomic E-state index is 0.114. The number of fused-ring (bicyclic) bond motifs is 1. The first kappa shape index (κ1) is 16.9. The predicted molar refractivity (Wildman–Crippen MR) is 92.4 cm³/mol. The molecule has 0 bridgehead atoms. The summed E-state index contributed by atoms with van der Waals surface area (Å²) >= 11 is 0. The van der Waals surface area contributed by atoms with Gasteiger partial charge in [-0.2, -0.15) is 0 Å². The monoisotopic (exact) mass is 321 g/mol. The molecule has 1 N–H and O–H groups in total. The molecule has 122 valence electrons. The van der Waals surface area contributed by atoms with Gasteiger partial charge in [-0.25, -0.2) is 4.79 Å². The van der Waals surface area contributed by atoms with Gasteiger partial charge in [0.15, 0.2) is 0 Å². The molecule has 22 heavy (non-hydrogen) atoms. The average molecular weight is 321 g/mol. The molecular formula is C17H27NO3Si. The van der Waals surface area contributed by atoms with E-state index in [-0.39, 0.29) is 11.0 Å². The molecule has 0 radical (unpaired) electrons. The van der Waals surface area contributed by atoms with E-state index in [1.54, 1.807) is 0 Å². The highest BCUT2D eigenvalue weighted by Crippen LogP contribution is 2.41.